The molecule has 2 unspecified atom stereocenters. The van der Waals surface area contributed by atoms with Gasteiger partial charge in [-0.3, -0.25) is 4.68 Å². The molecular formula is C16H29N3O. The van der Waals surface area contributed by atoms with Crippen LogP contribution >= 0.6 is 0 Å². The van der Waals surface area contributed by atoms with Crippen LogP contribution in [0, 0.1) is 0 Å². The van der Waals surface area contributed by atoms with Crippen molar-refractivity contribution in [3.63, 3.8) is 0 Å². The SMILES string of the molecule is CCCNC1(CO)CCC(n2nc(CC)cc2CC)C1. The molecule has 2 rings (SSSR count). The smallest absolute Gasteiger partial charge is 0.0624 e. The number of nitrogens with zero attached hydrogens (tertiary/aromatic N) is 2. The predicted octanol–water partition coefficient (Wildman–Crippen LogP) is 2.46. The molecule has 1 aromatic rings. The molecular weight excluding hydrogens is 250 g/mol. The van der Waals surface area contributed by atoms with Gasteiger partial charge in [-0.25, -0.2) is 0 Å². The van der Waals surface area contributed by atoms with Gasteiger partial charge in [0.25, 0.3) is 0 Å². The lowest BCUT2D eigenvalue weighted by Gasteiger charge is -2.28. The van der Waals surface area contributed by atoms with E-state index in [2.05, 4.69) is 36.8 Å². The summed E-state index contributed by atoms with van der Waals surface area (Å²) in [6, 6.07) is 2.67. The fourth-order valence-electron chi connectivity index (χ4n) is 3.30. The Morgan fingerprint density at radius 1 is 1.40 bits per heavy atom. The Morgan fingerprint density at radius 2 is 2.20 bits per heavy atom. The summed E-state index contributed by atoms with van der Waals surface area (Å²) in [6.45, 7) is 7.72. The second kappa shape index (κ2) is 6.72. The standard InChI is InChI=1S/C16H29N3O/c1-4-9-17-16(12-20)8-7-15(11-16)19-14(6-3)10-13(5-2)18-19/h10,15,17,20H,4-9,11-12H2,1-3H3. The second-order valence-electron chi connectivity index (χ2n) is 6.04. The molecule has 1 aliphatic carbocycles. The van der Waals surface area contributed by atoms with E-state index in [9.17, 15) is 5.11 Å². The molecule has 0 amide bonds. The molecule has 2 atom stereocenters. The van der Waals surface area contributed by atoms with E-state index in [-0.39, 0.29) is 12.1 Å². The normalized spacial score (nSPS) is 26.3. The Balaban J connectivity index is 2.13. The number of hydrogen-bond acceptors (Lipinski definition) is 3. The summed E-state index contributed by atoms with van der Waals surface area (Å²) in [4.78, 5) is 0. The molecule has 0 saturated heterocycles. The van der Waals surface area contributed by atoms with Gasteiger partial charge >= 0.3 is 0 Å². The van der Waals surface area contributed by atoms with Crippen LogP contribution in [0.5, 0.6) is 0 Å². The highest BCUT2D eigenvalue weighted by Gasteiger charge is 2.39. The maximum absolute atomic E-state index is 9.79. The lowest BCUT2D eigenvalue weighted by atomic mass is 9.98. The third-order valence-corrected chi connectivity index (χ3v) is 4.57. The molecule has 1 saturated carbocycles. The first-order valence-electron chi connectivity index (χ1n) is 8.11. The van der Waals surface area contributed by atoms with Crippen LogP contribution in [0.2, 0.25) is 0 Å². The van der Waals surface area contributed by atoms with Crippen LogP contribution in [0.1, 0.15) is 63.9 Å². The van der Waals surface area contributed by atoms with Gasteiger partial charge in [-0.2, -0.15) is 5.10 Å². The van der Waals surface area contributed by atoms with E-state index in [1.165, 1.54) is 11.4 Å². The minimum atomic E-state index is -0.0932. The van der Waals surface area contributed by atoms with Gasteiger partial charge in [0, 0.05) is 11.2 Å². The van der Waals surface area contributed by atoms with Gasteiger partial charge < -0.3 is 10.4 Å². The van der Waals surface area contributed by atoms with E-state index in [4.69, 9.17) is 5.10 Å². The van der Waals surface area contributed by atoms with Gasteiger partial charge in [0.1, 0.15) is 0 Å². The van der Waals surface area contributed by atoms with Crippen LogP contribution in [0.15, 0.2) is 6.07 Å². The van der Waals surface area contributed by atoms with Crippen LogP contribution in [-0.2, 0) is 12.8 Å². The lowest BCUT2D eigenvalue weighted by Crippen LogP contribution is -2.46. The first-order valence-corrected chi connectivity index (χ1v) is 8.11. The second-order valence-corrected chi connectivity index (χ2v) is 6.04. The molecule has 1 fully saturated rings. The molecule has 2 N–H and O–H groups in total. The Hall–Kier alpha value is -0.870. The molecule has 4 heteroatoms. The number of aliphatic hydroxyl groups is 1. The first-order chi connectivity index (χ1) is 9.68. The summed E-state index contributed by atoms with van der Waals surface area (Å²) in [5.41, 5.74) is 2.42. The van der Waals surface area contributed by atoms with Crippen LogP contribution in [0.3, 0.4) is 0 Å². The summed E-state index contributed by atoms with van der Waals surface area (Å²) in [7, 11) is 0. The van der Waals surface area contributed by atoms with E-state index in [0.29, 0.717) is 6.04 Å². The van der Waals surface area contributed by atoms with Crippen molar-refractivity contribution in [2.75, 3.05) is 13.2 Å². The average molecular weight is 279 g/mol. The van der Waals surface area contributed by atoms with Crippen molar-refractivity contribution in [2.45, 2.75) is 70.9 Å². The highest BCUT2D eigenvalue weighted by Crippen LogP contribution is 2.38. The number of aryl methyl sites for hydroxylation is 2. The fourth-order valence-corrected chi connectivity index (χ4v) is 3.30. The van der Waals surface area contributed by atoms with Crippen molar-refractivity contribution < 1.29 is 5.11 Å². The summed E-state index contributed by atoms with van der Waals surface area (Å²) in [6.07, 6.45) is 6.26. The molecule has 20 heavy (non-hydrogen) atoms. The van der Waals surface area contributed by atoms with Gasteiger partial charge in [0.05, 0.1) is 18.3 Å². The lowest BCUT2D eigenvalue weighted by molar-refractivity contribution is 0.160. The molecule has 114 valence electrons. The summed E-state index contributed by atoms with van der Waals surface area (Å²) < 4.78 is 2.23. The van der Waals surface area contributed by atoms with Gasteiger partial charge in [-0.1, -0.05) is 20.8 Å². The third-order valence-electron chi connectivity index (χ3n) is 4.57. The van der Waals surface area contributed by atoms with Crippen LogP contribution < -0.4 is 5.32 Å². The zero-order valence-electron chi connectivity index (χ0n) is 13.2. The average Bonchev–Trinajstić information content (AvgIpc) is 3.09. The van der Waals surface area contributed by atoms with E-state index >= 15 is 0 Å². The maximum Gasteiger partial charge on any atom is 0.0624 e. The third kappa shape index (κ3) is 3.07. The molecule has 1 aromatic heterocycles. The van der Waals surface area contributed by atoms with E-state index in [1.54, 1.807) is 0 Å². The van der Waals surface area contributed by atoms with Gasteiger partial charge in [-0.15, -0.1) is 0 Å². The van der Waals surface area contributed by atoms with Crippen molar-refractivity contribution in [3.05, 3.63) is 17.5 Å². The van der Waals surface area contributed by atoms with Crippen molar-refractivity contribution in [3.8, 4) is 0 Å². The number of rotatable bonds is 7. The van der Waals surface area contributed by atoms with Crippen LogP contribution in [0.4, 0.5) is 0 Å². The van der Waals surface area contributed by atoms with Crippen molar-refractivity contribution in [1.82, 2.24) is 15.1 Å². The largest absolute Gasteiger partial charge is 0.394 e. The highest BCUT2D eigenvalue weighted by atomic mass is 16.3. The maximum atomic E-state index is 9.79. The zero-order valence-corrected chi connectivity index (χ0v) is 13.2. The Morgan fingerprint density at radius 3 is 2.80 bits per heavy atom. The summed E-state index contributed by atoms with van der Waals surface area (Å²) in [5, 5.41) is 18.1. The van der Waals surface area contributed by atoms with Gasteiger partial charge in [0.15, 0.2) is 0 Å². The predicted molar refractivity (Wildman–Crippen MR) is 82.0 cm³/mol. The van der Waals surface area contributed by atoms with Crippen molar-refractivity contribution in [2.24, 2.45) is 0 Å². The van der Waals surface area contributed by atoms with Crippen molar-refractivity contribution in [1.29, 1.82) is 0 Å². The number of hydrogen-bond donors (Lipinski definition) is 2. The topological polar surface area (TPSA) is 50.1 Å². The summed E-state index contributed by atoms with van der Waals surface area (Å²) in [5.74, 6) is 0. The van der Waals surface area contributed by atoms with Crippen molar-refractivity contribution >= 4 is 0 Å². The molecule has 1 heterocycles. The Bertz CT molecular complexity index is 429. The zero-order chi connectivity index (χ0) is 14.6. The molecule has 0 aromatic carbocycles. The molecule has 4 nitrogen and oxygen atoms in total. The molecule has 1 aliphatic rings. The molecule has 0 aliphatic heterocycles. The van der Waals surface area contributed by atoms with Gasteiger partial charge in [0.2, 0.25) is 0 Å². The van der Waals surface area contributed by atoms with Gasteiger partial charge in [-0.05, 0) is 51.1 Å². The highest BCUT2D eigenvalue weighted by molar-refractivity contribution is 5.13. The van der Waals surface area contributed by atoms with E-state index in [1.807, 2.05) is 0 Å². The fraction of sp³-hybridized carbons (Fsp3) is 0.812. The van der Waals surface area contributed by atoms with Crippen LogP contribution in [-0.4, -0.2) is 33.6 Å². The number of aliphatic hydroxyl groups excluding tert-OH is 1. The van der Waals surface area contributed by atoms with E-state index < -0.39 is 0 Å². The summed E-state index contributed by atoms with van der Waals surface area (Å²) >= 11 is 0. The minimum Gasteiger partial charge on any atom is -0.394 e. The Kier molecular flexibility index (Phi) is 5.22. The minimum absolute atomic E-state index is 0.0932. The Labute approximate surface area is 122 Å². The molecule has 0 spiro atoms. The first kappa shape index (κ1) is 15.5. The van der Waals surface area contributed by atoms with E-state index in [0.717, 1.165) is 45.1 Å². The monoisotopic (exact) mass is 279 g/mol. The number of nitrogens with one attached hydrogen (secondary N) is 1. The molecule has 0 bridgehead atoms. The quantitative estimate of drug-likeness (QED) is 0.806. The molecule has 0 radical (unpaired) electrons. The van der Waals surface area contributed by atoms with Crippen LogP contribution in [0.25, 0.3) is 0 Å². The number of aromatic nitrogens is 2.